The molecular formula is C20H15FN2O3. The maximum absolute atomic E-state index is 13.9. The molecule has 0 saturated heterocycles. The second-order valence-electron chi connectivity index (χ2n) is 5.97. The molecule has 0 fully saturated rings. The van der Waals surface area contributed by atoms with Crippen molar-refractivity contribution in [3.05, 3.63) is 88.6 Å². The van der Waals surface area contributed by atoms with E-state index in [0.29, 0.717) is 33.8 Å². The lowest BCUT2D eigenvalue weighted by atomic mass is 9.99. The molecule has 1 amide bonds. The van der Waals surface area contributed by atoms with Gasteiger partial charge in [-0.15, -0.1) is 0 Å². The molecular weight excluding hydrogens is 335 g/mol. The molecule has 4 rings (SSSR count). The Hall–Kier alpha value is -3.25. The fraction of sp³-hybridized carbons (Fsp3) is 0.100. The van der Waals surface area contributed by atoms with E-state index in [2.05, 4.69) is 0 Å². The largest absolute Gasteiger partial charge is 0.459 e. The van der Waals surface area contributed by atoms with Crippen LogP contribution in [0.4, 0.5) is 4.39 Å². The van der Waals surface area contributed by atoms with Crippen LogP contribution in [0.5, 0.6) is 5.75 Å². The molecule has 0 bridgehead atoms. The number of benzene rings is 2. The summed E-state index contributed by atoms with van der Waals surface area (Å²) in [6.45, 7) is 0. The summed E-state index contributed by atoms with van der Waals surface area (Å²) in [6, 6.07) is 10.9. The van der Waals surface area contributed by atoms with Gasteiger partial charge in [0.2, 0.25) is 0 Å². The monoisotopic (exact) mass is 350 g/mol. The van der Waals surface area contributed by atoms with Crippen LogP contribution in [0.2, 0.25) is 0 Å². The number of ether oxygens (including phenoxy) is 1. The van der Waals surface area contributed by atoms with Gasteiger partial charge in [0.05, 0.1) is 5.71 Å². The van der Waals surface area contributed by atoms with Gasteiger partial charge in [-0.2, -0.15) is 0 Å². The van der Waals surface area contributed by atoms with E-state index in [9.17, 15) is 9.18 Å². The number of allylic oxidation sites excluding steroid dienone is 3. The maximum Gasteiger partial charge on any atom is 0.274 e. The second kappa shape index (κ2) is 6.57. The summed E-state index contributed by atoms with van der Waals surface area (Å²) in [4.78, 5) is 16.2. The number of amides is 1. The number of rotatable bonds is 2. The van der Waals surface area contributed by atoms with Gasteiger partial charge >= 0.3 is 0 Å². The molecule has 1 aliphatic heterocycles. The molecule has 0 radical (unpaired) electrons. The quantitative estimate of drug-likeness (QED) is 0.640. The van der Waals surface area contributed by atoms with E-state index in [0.717, 1.165) is 18.6 Å². The van der Waals surface area contributed by atoms with Crippen LogP contribution in [-0.4, -0.2) is 16.8 Å². The molecule has 0 atom stereocenters. The molecule has 6 heteroatoms. The zero-order valence-corrected chi connectivity index (χ0v) is 13.7. The predicted molar refractivity (Wildman–Crippen MR) is 93.8 cm³/mol. The summed E-state index contributed by atoms with van der Waals surface area (Å²) in [5.41, 5.74) is 4.43. The Balaban J connectivity index is 1.86. The van der Waals surface area contributed by atoms with Gasteiger partial charge in [-0.1, -0.05) is 18.2 Å². The van der Waals surface area contributed by atoms with Crippen molar-refractivity contribution >= 4 is 11.6 Å². The minimum atomic E-state index is -0.602. The predicted octanol–water partition coefficient (Wildman–Crippen LogP) is 3.74. The number of nitrogens with one attached hydrogen (secondary N) is 1. The van der Waals surface area contributed by atoms with E-state index in [1.807, 2.05) is 12.2 Å². The minimum absolute atomic E-state index is 0.304. The number of fused-ring (bicyclic) bond motifs is 1. The highest BCUT2D eigenvalue weighted by atomic mass is 19.1. The van der Waals surface area contributed by atoms with Crippen molar-refractivity contribution in [3.63, 3.8) is 0 Å². The fourth-order valence-corrected chi connectivity index (χ4v) is 2.99. The molecule has 0 saturated carbocycles. The molecule has 5 nitrogen and oxygen atoms in total. The molecule has 130 valence electrons. The molecule has 0 aromatic heterocycles. The number of hydrogen-bond donors (Lipinski definition) is 2. The Bertz CT molecular complexity index is 975. The van der Waals surface area contributed by atoms with Crippen molar-refractivity contribution in [1.29, 1.82) is 0 Å². The first kappa shape index (κ1) is 16.2. The van der Waals surface area contributed by atoms with Gasteiger partial charge in [0, 0.05) is 23.1 Å². The number of hydroxylamine groups is 1. The first-order valence-corrected chi connectivity index (χ1v) is 8.17. The van der Waals surface area contributed by atoms with E-state index in [4.69, 9.17) is 14.9 Å². The maximum atomic E-state index is 13.9. The zero-order valence-electron chi connectivity index (χ0n) is 13.7. The Morgan fingerprint density at radius 2 is 2.00 bits per heavy atom. The first-order chi connectivity index (χ1) is 12.7. The molecule has 0 spiro atoms. The molecule has 1 heterocycles. The molecule has 2 aromatic carbocycles. The summed E-state index contributed by atoms with van der Waals surface area (Å²) >= 11 is 0. The van der Waals surface area contributed by atoms with Crippen molar-refractivity contribution in [1.82, 2.24) is 5.48 Å². The van der Waals surface area contributed by atoms with Crippen LogP contribution in [0.3, 0.4) is 0 Å². The van der Waals surface area contributed by atoms with Crippen molar-refractivity contribution in [2.75, 3.05) is 0 Å². The molecule has 2 aliphatic rings. The lowest BCUT2D eigenvalue weighted by molar-refractivity contribution is 0.0706. The summed E-state index contributed by atoms with van der Waals surface area (Å²) in [5.74, 6) is 0.315. The van der Waals surface area contributed by atoms with Crippen LogP contribution in [0, 0.1) is 5.82 Å². The number of halogens is 1. The van der Waals surface area contributed by atoms with Crippen LogP contribution in [0.1, 0.15) is 34.3 Å². The summed E-state index contributed by atoms with van der Waals surface area (Å²) in [5, 5.41) is 8.74. The Kier molecular flexibility index (Phi) is 4.10. The SMILES string of the molecule is O=C(NO)c1ccc(C2=NC3=C(CCC=C3)Oc3ccc(F)cc32)cc1. The Labute approximate surface area is 149 Å². The smallest absolute Gasteiger partial charge is 0.274 e. The summed E-state index contributed by atoms with van der Waals surface area (Å²) in [7, 11) is 0. The third-order valence-corrected chi connectivity index (χ3v) is 4.28. The van der Waals surface area contributed by atoms with Gasteiger partial charge in [-0.25, -0.2) is 14.9 Å². The number of carbonyl (C=O) groups is 1. The van der Waals surface area contributed by atoms with Crippen molar-refractivity contribution in [3.8, 4) is 5.75 Å². The average Bonchev–Trinajstić information content (AvgIpc) is 2.84. The lowest BCUT2D eigenvalue weighted by Crippen LogP contribution is -2.18. The van der Waals surface area contributed by atoms with Crippen LogP contribution in [-0.2, 0) is 0 Å². The van der Waals surface area contributed by atoms with E-state index < -0.39 is 5.91 Å². The molecule has 2 aromatic rings. The highest BCUT2D eigenvalue weighted by Crippen LogP contribution is 2.33. The molecule has 1 aliphatic carbocycles. The van der Waals surface area contributed by atoms with Crippen LogP contribution >= 0.6 is 0 Å². The molecule has 0 unspecified atom stereocenters. The minimum Gasteiger partial charge on any atom is -0.459 e. The van der Waals surface area contributed by atoms with E-state index >= 15 is 0 Å². The Morgan fingerprint density at radius 3 is 2.77 bits per heavy atom. The standard InChI is InChI=1S/C20H15FN2O3/c21-14-9-10-17-15(11-14)19(22-16-3-1-2-4-18(16)26-17)12-5-7-13(8-6-12)20(24)23-25/h1,3,5-11,25H,2,4H2,(H,23,24). The fourth-order valence-electron chi connectivity index (χ4n) is 2.99. The van der Waals surface area contributed by atoms with Gasteiger partial charge in [0.15, 0.2) is 0 Å². The number of hydrogen-bond acceptors (Lipinski definition) is 4. The van der Waals surface area contributed by atoms with E-state index in [1.54, 1.807) is 35.8 Å². The van der Waals surface area contributed by atoms with Crippen molar-refractivity contribution in [2.45, 2.75) is 12.8 Å². The Morgan fingerprint density at radius 1 is 1.19 bits per heavy atom. The zero-order chi connectivity index (χ0) is 18.1. The normalized spacial score (nSPS) is 15.4. The first-order valence-electron chi connectivity index (χ1n) is 8.17. The van der Waals surface area contributed by atoms with Crippen LogP contribution in [0.25, 0.3) is 0 Å². The lowest BCUT2D eigenvalue weighted by Gasteiger charge is -2.13. The van der Waals surface area contributed by atoms with E-state index in [-0.39, 0.29) is 5.82 Å². The van der Waals surface area contributed by atoms with Crippen molar-refractivity contribution < 1.29 is 19.1 Å². The van der Waals surface area contributed by atoms with Gasteiger partial charge in [0.25, 0.3) is 5.91 Å². The van der Waals surface area contributed by atoms with E-state index in [1.165, 1.54) is 12.1 Å². The highest BCUT2D eigenvalue weighted by molar-refractivity contribution is 6.15. The average molecular weight is 350 g/mol. The number of aliphatic imine (C=N–C) groups is 1. The highest BCUT2D eigenvalue weighted by Gasteiger charge is 2.22. The van der Waals surface area contributed by atoms with Gasteiger partial charge < -0.3 is 4.74 Å². The number of carbonyl (C=O) groups excluding carboxylic acids is 1. The van der Waals surface area contributed by atoms with Gasteiger partial charge in [-0.3, -0.25) is 10.0 Å². The second-order valence-corrected chi connectivity index (χ2v) is 5.97. The molecule has 26 heavy (non-hydrogen) atoms. The number of nitrogens with zero attached hydrogens (tertiary/aromatic N) is 1. The third-order valence-electron chi connectivity index (χ3n) is 4.28. The van der Waals surface area contributed by atoms with Crippen LogP contribution < -0.4 is 10.2 Å². The van der Waals surface area contributed by atoms with Crippen molar-refractivity contribution in [2.24, 2.45) is 4.99 Å². The van der Waals surface area contributed by atoms with Crippen LogP contribution in [0.15, 0.2) is 71.1 Å². The van der Waals surface area contributed by atoms with Gasteiger partial charge in [0.1, 0.15) is 23.0 Å². The van der Waals surface area contributed by atoms with Gasteiger partial charge in [-0.05, 0) is 42.8 Å². The molecule has 2 N–H and O–H groups in total. The third kappa shape index (κ3) is 2.91. The topological polar surface area (TPSA) is 70.9 Å². The summed E-state index contributed by atoms with van der Waals surface area (Å²) in [6.07, 6.45) is 5.52. The summed E-state index contributed by atoms with van der Waals surface area (Å²) < 4.78 is 19.9.